The highest BCUT2D eigenvalue weighted by molar-refractivity contribution is 7.47. The van der Waals surface area contributed by atoms with Crippen molar-refractivity contribution in [2.24, 2.45) is 5.73 Å². The number of nitrogens with two attached hydrogens (primary N) is 1. The van der Waals surface area contributed by atoms with Crippen LogP contribution in [-0.4, -0.2) is 44.6 Å². The lowest BCUT2D eigenvalue weighted by molar-refractivity contribution is 0.0328. The van der Waals surface area contributed by atoms with Crippen LogP contribution in [0.15, 0.2) is 0 Å². The van der Waals surface area contributed by atoms with Gasteiger partial charge in [0.25, 0.3) is 0 Å². The number of hydrogen-bond donors (Lipinski definition) is 2. The van der Waals surface area contributed by atoms with Crippen molar-refractivity contribution in [1.29, 1.82) is 0 Å². The average molecular weight is 221 g/mol. The first-order valence-corrected chi connectivity index (χ1v) is 5.66. The quantitative estimate of drug-likeness (QED) is 0.484. The zero-order valence-electron chi connectivity index (χ0n) is 7.83. The Hall–Kier alpha value is 0.0949. The second-order valence-corrected chi connectivity index (χ2v) is 4.49. The van der Waals surface area contributed by atoms with E-state index in [4.69, 9.17) is 27.7 Å². The molecule has 1 rings (SSSR count). The second-order valence-electron chi connectivity index (χ2n) is 2.98. The number of phosphoric acid groups is 1. The maximum absolute atomic E-state index is 11.1. The van der Waals surface area contributed by atoms with Gasteiger partial charge in [-0.15, -0.1) is 0 Å². The molecule has 0 bridgehead atoms. The molecule has 1 aliphatic rings. The second kappa shape index (κ2) is 4.74. The molecule has 8 heteroatoms. The molecule has 3 N–H and O–H groups in total. The van der Waals surface area contributed by atoms with E-state index in [0.717, 1.165) is 7.11 Å². The van der Waals surface area contributed by atoms with Gasteiger partial charge in [-0.1, -0.05) is 0 Å². The van der Waals surface area contributed by atoms with Gasteiger partial charge in [-0.05, 0) is 6.42 Å². The molecule has 1 fully saturated rings. The highest BCUT2D eigenvalue weighted by atomic mass is 31.2. The molecular weight excluding hydrogens is 208 g/mol. The Kier molecular flexibility index (Phi) is 4.12. The van der Waals surface area contributed by atoms with Gasteiger partial charge < -0.3 is 15.4 Å². The molecule has 4 atom stereocenters. The summed E-state index contributed by atoms with van der Waals surface area (Å²) in [6, 6.07) is -0.509. The molecule has 1 saturated heterocycles. The fourth-order valence-electron chi connectivity index (χ4n) is 1.28. The molecule has 0 aromatic heterocycles. The van der Waals surface area contributed by atoms with Crippen LogP contribution < -0.4 is 5.73 Å². The van der Waals surface area contributed by atoms with Crippen molar-refractivity contribution in [3.05, 3.63) is 0 Å². The monoisotopic (exact) mass is 221 g/mol. The van der Waals surface area contributed by atoms with Gasteiger partial charge in [0.2, 0.25) is 0 Å². The van der Waals surface area contributed by atoms with Crippen LogP contribution in [0.25, 0.3) is 0 Å². The summed E-state index contributed by atoms with van der Waals surface area (Å²) in [5, 5.41) is 0. The predicted molar refractivity (Wildman–Crippen MR) is 49.8 cm³/mol. The van der Waals surface area contributed by atoms with Crippen molar-refractivity contribution in [3.8, 4) is 0 Å². The molecule has 80 valence electrons. The van der Waals surface area contributed by atoms with Crippen molar-refractivity contribution < 1.29 is 23.2 Å². The largest absolute Gasteiger partial charge is 0.472 e. The van der Waals surface area contributed by atoms with Crippen LogP contribution in [0.1, 0.15) is 6.42 Å². The van der Waals surface area contributed by atoms with E-state index in [1.807, 2.05) is 0 Å². The third-order valence-corrected chi connectivity index (χ3v) is 2.96. The van der Waals surface area contributed by atoms with E-state index in [-0.39, 0.29) is 6.54 Å². The molecule has 1 aliphatic heterocycles. The summed E-state index contributed by atoms with van der Waals surface area (Å²) in [4.78, 5) is 9.06. The van der Waals surface area contributed by atoms with Crippen molar-refractivity contribution >= 4 is 15.7 Å². The van der Waals surface area contributed by atoms with Crippen LogP contribution in [0.4, 0.5) is 0 Å². The van der Waals surface area contributed by atoms with Crippen molar-refractivity contribution in [2.45, 2.75) is 24.6 Å². The summed E-state index contributed by atoms with van der Waals surface area (Å²) >= 11 is 0. The van der Waals surface area contributed by atoms with Gasteiger partial charge >= 0.3 is 7.82 Å². The number of phosphoric ester groups is 1. The van der Waals surface area contributed by atoms with Gasteiger partial charge in [0.15, 0.2) is 0 Å². The van der Waals surface area contributed by atoms with E-state index in [1.165, 1.54) is 0 Å². The lowest BCUT2D eigenvalue weighted by Crippen LogP contribution is -2.31. The third-order valence-electron chi connectivity index (χ3n) is 1.96. The standard InChI is InChI=1S/C6H13BNO5P/c1-11-14(9,10)13-4-2-6(7)12-5(4)3-8/h4-6H,2-3,8H2,1H3,(H,9,10)/t4-,5-,6-/m1/s1. The van der Waals surface area contributed by atoms with Crippen LogP contribution in [-0.2, 0) is 18.3 Å². The molecular formula is C6H13BNO5P. The highest BCUT2D eigenvalue weighted by Gasteiger charge is 2.37. The maximum atomic E-state index is 11.1. The summed E-state index contributed by atoms with van der Waals surface area (Å²) in [5.74, 6) is 0. The first kappa shape index (κ1) is 12.2. The Balaban J connectivity index is 2.55. The smallest absolute Gasteiger partial charge is 0.381 e. The van der Waals surface area contributed by atoms with E-state index in [0.29, 0.717) is 6.42 Å². The Labute approximate surface area is 83.7 Å². The number of ether oxygens (including phenoxy) is 1. The van der Waals surface area contributed by atoms with Crippen LogP contribution in [0.3, 0.4) is 0 Å². The molecule has 6 nitrogen and oxygen atoms in total. The fourth-order valence-corrected chi connectivity index (χ4v) is 1.93. The zero-order chi connectivity index (χ0) is 10.8. The summed E-state index contributed by atoms with van der Waals surface area (Å²) < 4.78 is 25.3. The maximum Gasteiger partial charge on any atom is 0.472 e. The molecule has 0 spiro atoms. The predicted octanol–water partition coefficient (Wildman–Crippen LogP) is -0.639. The summed E-state index contributed by atoms with van der Waals surface area (Å²) in [6.07, 6.45) is -0.720. The normalized spacial score (nSPS) is 36.9. The number of rotatable bonds is 4. The van der Waals surface area contributed by atoms with Gasteiger partial charge in [0, 0.05) is 19.7 Å². The van der Waals surface area contributed by atoms with Crippen molar-refractivity contribution in [2.75, 3.05) is 13.7 Å². The Morgan fingerprint density at radius 1 is 1.79 bits per heavy atom. The molecule has 1 unspecified atom stereocenters. The minimum Gasteiger partial charge on any atom is -0.381 e. The first-order valence-electron chi connectivity index (χ1n) is 4.16. The summed E-state index contributed by atoms with van der Waals surface area (Å²) in [7, 11) is 2.58. The molecule has 0 aliphatic carbocycles. The van der Waals surface area contributed by atoms with Gasteiger partial charge in [-0.25, -0.2) is 4.57 Å². The van der Waals surface area contributed by atoms with E-state index in [9.17, 15) is 4.57 Å². The Bertz CT molecular complexity index is 240. The lowest BCUT2D eigenvalue weighted by Gasteiger charge is -2.19. The van der Waals surface area contributed by atoms with Crippen LogP contribution in [0.2, 0.25) is 0 Å². The zero-order valence-corrected chi connectivity index (χ0v) is 8.72. The van der Waals surface area contributed by atoms with E-state index in [2.05, 4.69) is 4.52 Å². The molecule has 0 aromatic carbocycles. The Morgan fingerprint density at radius 2 is 2.43 bits per heavy atom. The first-order chi connectivity index (χ1) is 6.48. The summed E-state index contributed by atoms with van der Waals surface area (Å²) in [5.41, 5.74) is 5.37. The molecule has 0 aromatic rings. The van der Waals surface area contributed by atoms with Crippen molar-refractivity contribution in [3.63, 3.8) is 0 Å². The van der Waals surface area contributed by atoms with Gasteiger partial charge in [-0.3, -0.25) is 9.05 Å². The minimum absolute atomic E-state index is 0.183. The topological polar surface area (TPSA) is 91.0 Å². The van der Waals surface area contributed by atoms with Crippen LogP contribution in [0.5, 0.6) is 0 Å². The van der Waals surface area contributed by atoms with E-state index >= 15 is 0 Å². The molecule has 0 saturated carbocycles. The van der Waals surface area contributed by atoms with Gasteiger partial charge in [0.1, 0.15) is 7.85 Å². The fraction of sp³-hybridized carbons (Fsp3) is 1.00. The highest BCUT2D eigenvalue weighted by Crippen LogP contribution is 2.45. The number of hydrogen-bond acceptors (Lipinski definition) is 5. The third kappa shape index (κ3) is 3.05. The van der Waals surface area contributed by atoms with Gasteiger partial charge in [0.05, 0.1) is 12.2 Å². The molecule has 14 heavy (non-hydrogen) atoms. The van der Waals surface area contributed by atoms with E-state index in [1.54, 1.807) is 0 Å². The van der Waals surface area contributed by atoms with Crippen molar-refractivity contribution in [1.82, 2.24) is 0 Å². The van der Waals surface area contributed by atoms with Gasteiger partial charge in [-0.2, -0.15) is 0 Å². The summed E-state index contributed by atoms with van der Waals surface area (Å²) in [6.45, 7) is 0.183. The molecule has 0 amide bonds. The van der Waals surface area contributed by atoms with Crippen LogP contribution in [0, 0.1) is 0 Å². The average Bonchev–Trinajstić information content (AvgIpc) is 2.45. The lowest BCUT2D eigenvalue weighted by atomic mass is 9.96. The van der Waals surface area contributed by atoms with Crippen LogP contribution >= 0.6 is 7.82 Å². The minimum atomic E-state index is -3.99. The Morgan fingerprint density at radius 3 is 2.93 bits per heavy atom. The molecule has 1 heterocycles. The van der Waals surface area contributed by atoms with E-state index < -0.39 is 26.0 Å². The SMILES string of the molecule is [B][C@H]1C[C@@H](OP(=O)(O)OC)[C@@H](CN)O1. The molecule has 2 radical (unpaired) electrons.